The largest absolute Gasteiger partial charge is 0.542 e. The minimum absolute atomic E-state index is 0.118. The van der Waals surface area contributed by atoms with Gasteiger partial charge in [-0.2, -0.15) is 18.4 Å². The van der Waals surface area contributed by atoms with Gasteiger partial charge >= 0.3 is 6.18 Å². The fraction of sp³-hybridized carbons (Fsp3) is 0.185. The summed E-state index contributed by atoms with van der Waals surface area (Å²) in [7, 11) is 1.97. The molecule has 2 heterocycles. The zero-order valence-corrected chi connectivity index (χ0v) is 20.0. The molecule has 0 saturated carbocycles. The molecule has 0 fully saturated rings. The van der Waals surface area contributed by atoms with Crippen LogP contribution in [0.2, 0.25) is 0 Å². The average Bonchev–Trinajstić information content (AvgIpc) is 3.23. The predicted molar refractivity (Wildman–Crippen MR) is 127 cm³/mol. The number of alkyl halides is 3. The lowest BCUT2D eigenvalue weighted by Gasteiger charge is -2.16. The van der Waals surface area contributed by atoms with Crippen molar-refractivity contribution in [3.05, 3.63) is 102 Å². The van der Waals surface area contributed by atoms with E-state index in [2.05, 4.69) is 11.4 Å². The maximum atomic E-state index is 13.2. The number of amides is 1. The van der Waals surface area contributed by atoms with Crippen LogP contribution in [0.15, 0.2) is 79.1 Å². The van der Waals surface area contributed by atoms with Crippen LogP contribution in [0.25, 0.3) is 10.9 Å². The number of aliphatic carboxylic acids is 1. The first-order valence-electron chi connectivity index (χ1n) is 11.1. The smallest absolute Gasteiger partial charge is 0.430 e. The van der Waals surface area contributed by atoms with E-state index >= 15 is 0 Å². The van der Waals surface area contributed by atoms with Crippen molar-refractivity contribution in [3.63, 3.8) is 0 Å². The van der Waals surface area contributed by atoms with Gasteiger partial charge in [0.1, 0.15) is 18.7 Å². The first-order chi connectivity index (χ1) is 17.5. The van der Waals surface area contributed by atoms with Crippen molar-refractivity contribution in [1.29, 1.82) is 5.26 Å². The first kappa shape index (κ1) is 26.9. The average molecular weight is 509 g/mol. The molecule has 2 aromatic heterocycles. The van der Waals surface area contributed by atoms with Gasteiger partial charge in [0.25, 0.3) is 5.91 Å². The van der Waals surface area contributed by atoms with Crippen molar-refractivity contribution in [2.24, 2.45) is 7.05 Å². The van der Waals surface area contributed by atoms with E-state index in [4.69, 9.17) is 9.90 Å². The molecule has 1 N–H and O–H groups in total. The summed E-state index contributed by atoms with van der Waals surface area (Å²) < 4.78 is 35.5. The van der Waals surface area contributed by atoms with Gasteiger partial charge in [-0.05, 0) is 42.3 Å². The van der Waals surface area contributed by atoms with Crippen molar-refractivity contribution in [2.45, 2.75) is 25.7 Å². The number of nitrogens with one attached hydrogen (secondary N) is 1. The summed E-state index contributed by atoms with van der Waals surface area (Å²) in [6.07, 6.45) is -1.26. The van der Waals surface area contributed by atoms with Crippen molar-refractivity contribution in [2.75, 3.05) is 0 Å². The molecule has 0 aliphatic rings. The van der Waals surface area contributed by atoms with Gasteiger partial charge in [-0.15, -0.1) is 0 Å². The minimum Gasteiger partial charge on any atom is -0.542 e. The standard InChI is InChI=1S/C25H22N4O.C2HF3O2/c1-18(21-10-12-28(2)13-11-21)27-25(30)24-15-22-8-3-4-9-23(22)29(24)17-20-7-5-6-19(14-20)16-26;3-2(4,5)1(6)7/h3-15,18H,17H2,1-2H3;(H,6,7)/t18-;/m0./s1. The summed E-state index contributed by atoms with van der Waals surface area (Å²) in [5.41, 5.74) is 4.23. The number of pyridine rings is 1. The second-order valence-corrected chi connectivity index (χ2v) is 8.26. The summed E-state index contributed by atoms with van der Waals surface area (Å²) in [6, 6.07) is 23.5. The van der Waals surface area contributed by atoms with Crippen molar-refractivity contribution in [1.82, 2.24) is 9.88 Å². The number of carboxylic acid groups (broad SMARTS) is 1. The van der Waals surface area contributed by atoms with E-state index < -0.39 is 12.1 Å². The van der Waals surface area contributed by atoms with Crippen LogP contribution in [-0.2, 0) is 18.4 Å². The summed E-state index contributed by atoms with van der Waals surface area (Å²) in [4.78, 5) is 22.0. The van der Waals surface area contributed by atoms with Gasteiger partial charge in [0.05, 0.1) is 17.7 Å². The third-order valence-corrected chi connectivity index (χ3v) is 5.52. The fourth-order valence-electron chi connectivity index (χ4n) is 3.65. The number of aryl methyl sites for hydroxylation is 1. The number of hydrogen-bond acceptors (Lipinski definition) is 4. The minimum atomic E-state index is -5.19. The van der Waals surface area contributed by atoms with Crippen LogP contribution in [0.5, 0.6) is 0 Å². The molecule has 1 amide bonds. The molecule has 0 aliphatic heterocycles. The lowest BCUT2D eigenvalue weighted by atomic mass is 10.1. The molecule has 190 valence electrons. The zero-order valence-electron chi connectivity index (χ0n) is 20.0. The third-order valence-electron chi connectivity index (χ3n) is 5.52. The molecule has 7 nitrogen and oxygen atoms in total. The van der Waals surface area contributed by atoms with Crippen LogP contribution in [0.4, 0.5) is 13.2 Å². The summed E-state index contributed by atoms with van der Waals surface area (Å²) >= 11 is 0. The number of halogens is 3. The van der Waals surface area contributed by atoms with Crippen molar-refractivity contribution < 1.29 is 32.4 Å². The Morgan fingerprint density at radius 2 is 1.73 bits per heavy atom. The molecule has 2 aromatic carbocycles. The molecule has 37 heavy (non-hydrogen) atoms. The monoisotopic (exact) mass is 508 g/mol. The van der Waals surface area contributed by atoms with E-state index in [0.717, 1.165) is 22.0 Å². The molecule has 1 atom stereocenters. The Morgan fingerprint density at radius 1 is 1.08 bits per heavy atom. The Bertz CT molecular complexity index is 1450. The van der Waals surface area contributed by atoms with Crippen molar-refractivity contribution in [3.8, 4) is 6.07 Å². The topological polar surface area (TPSA) is 102 Å². The second kappa shape index (κ2) is 11.4. The highest BCUT2D eigenvalue weighted by Gasteiger charge is 2.28. The number of benzene rings is 2. The Kier molecular flexibility index (Phi) is 8.30. The Labute approximate surface area is 211 Å². The molecule has 4 aromatic rings. The van der Waals surface area contributed by atoms with Crippen LogP contribution in [0.3, 0.4) is 0 Å². The van der Waals surface area contributed by atoms with E-state index in [1.807, 2.05) is 96.2 Å². The molecule has 4 rings (SSSR count). The molecule has 10 heteroatoms. The van der Waals surface area contributed by atoms with Gasteiger partial charge < -0.3 is 19.8 Å². The second-order valence-electron chi connectivity index (χ2n) is 8.26. The third kappa shape index (κ3) is 6.95. The number of rotatable bonds is 5. The number of para-hydroxylation sites is 1. The molecule has 0 saturated heterocycles. The lowest BCUT2D eigenvalue weighted by Crippen LogP contribution is -2.37. The van der Waals surface area contributed by atoms with Crippen LogP contribution in [0.1, 0.15) is 40.1 Å². The van der Waals surface area contributed by atoms with Crippen LogP contribution in [-0.4, -0.2) is 22.6 Å². The van der Waals surface area contributed by atoms with Gasteiger partial charge in [0.15, 0.2) is 12.4 Å². The van der Waals surface area contributed by atoms with E-state index in [1.165, 1.54) is 0 Å². The van der Waals surface area contributed by atoms with Gasteiger partial charge in [-0.3, -0.25) is 4.79 Å². The van der Waals surface area contributed by atoms with E-state index in [9.17, 15) is 23.2 Å². The normalized spacial score (nSPS) is 11.7. The number of carboxylic acids is 1. The predicted octanol–water partition coefficient (Wildman–Crippen LogP) is 3.18. The Hall–Kier alpha value is -4.65. The number of carbonyl (C=O) groups excluding carboxylic acids is 2. The molecule has 0 aliphatic carbocycles. The SMILES string of the molecule is C[C@H](NC(=O)c1cc2ccccc2n1Cc1cccc(C#N)c1)c1cc[n+](C)cc1.O=C([O-])C(F)(F)F. The van der Waals surface area contributed by atoms with Crippen molar-refractivity contribution >= 4 is 22.8 Å². The molecule has 0 bridgehead atoms. The maximum absolute atomic E-state index is 13.2. The highest BCUT2D eigenvalue weighted by molar-refractivity contribution is 5.99. The fourth-order valence-corrected chi connectivity index (χ4v) is 3.65. The Balaban J connectivity index is 0.000000479. The number of nitrogens with zero attached hydrogens (tertiary/aromatic N) is 3. The van der Waals surface area contributed by atoms with Crippen LogP contribution >= 0.6 is 0 Å². The quantitative estimate of drug-likeness (QED) is 0.419. The van der Waals surface area contributed by atoms with E-state index in [0.29, 0.717) is 17.8 Å². The van der Waals surface area contributed by atoms with Crippen LogP contribution < -0.4 is 15.0 Å². The van der Waals surface area contributed by atoms with Gasteiger partial charge in [0, 0.05) is 29.6 Å². The molecular weight excluding hydrogens is 485 g/mol. The number of carbonyl (C=O) groups is 2. The molecular formula is C27H23F3N4O3. The summed E-state index contributed by atoms with van der Waals surface area (Å²) in [5.74, 6) is -3.13. The van der Waals surface area contributed by atoms with E-state index in [1.54, 1.807) is 6.07 Å². The molecule has 0 spiro atoms. The van der Waals surface area contributed by atoms with E-state index in [-0.39, 0.29) is 11.9 Å². The zero-order chi connectivity index (χ0) is 27.2. The summed E-state index contributed by atoms with van der Waals surface area (Å²) in [5, 5.41) is 22.1. The first-order valence-corrected chi connectivity index (χ1v) is 11.1. The number of hydrogen-bond donors (Lipinski definition) is 1. The van der Waals surface area contributed by atoms with Crippen LogP contribution in [0, 0.1) is 11.3 Å². The molecule has 0 unspecified atom stereocenters. The number of fused-ring (bicyclic) bond motifs is 1. The molecule has 0 radical (unpaired) electrons. The lowest BCUT2D eigenvalue weighted by molar-refractivity contribution is -0.671. The van der Waals surface area contributed by atoms with Gasteiger partial charge in [-0.1, -0.05) is 30.3 Å². The number of nitriles is 1. The number of aromatic nitrogens is 2. The van der Waals surface area contributed by atoms with Gasteiger partial charge in [-0.25, -0.2) is 4.57 Å². The highest BCUT2D eigenvalue weighted by atomic mass is 19.4. The maximum Gasteiger partial charge on any atom is 0.430 e. The van der Waals surface area contributed by atoms with Gasteiger partial charge in [0.2, 0.25) is 0 Å². The highest BCUT2D eigenvalue weighted by Crippen LogP contribution is 2.23. The summed E-state index contributed by atoms with van der Waals surface area (Å²) in [6.45, 7) is 2.50. The Morgan fingerprint density at radius 3 is 2.35 bits per heavy atom.